The molecular weight excluding hydrogens is 164 g/mol. The summed E-state index contributed by atoms with van der Waals surface area (Å²) >= 11 is 0. The first-order chi connectivity index (χ1) is 6.06. The van der Waals surface area contributed by atoms with Crippen LogP contribution in [0.4, 0.5) is 0 Å². The molecule has 0 radical (unpaired) electrons. The lowest BCUT2D eigenvalue weighted by atomic mass is 10.2. The van der Waals surface area contributed by atoms with Gasteiger partial charge in [0.1, 0.15) is 0 Å². The Hall–Kier alpha value is -0.0800. The van der Waals surface area contributed by atoms with E-state index in [2.05, 4.69) is 20.8 Å². The predicted molar refractivity (Wildman–Crippen MR) is 56.0 cm³/mol. The standard InChI is InChI=1S/C11H24O2/c1-5-12-9-7-6-8-10-13-11(2,3)4/h5-10H2,1-4H3. The van der Waals surface area contributed by atoms with Crippen LogP contribution in [-0.2, 0) is 9.47 Å². The van der Waals surface area contributed by atoms with E-state index in [9.17, 15) is 0 Å². The van der Waals surface area contributed by atoms with Crippen LogP contribution in [0.2, 0.25) is 0 Å². The van der Waals surface area contributed by atoms with Crippen molar-refractivity contribution in [2.75, 3.05) is 19.8 Å². The minimum absolute atomic E-state index is 0.0138. The van der Waals surface area contributed by atoms with Gasteiger partial charge in [0.2, 0.25) is 0 Å². The summed E-state index contributed by atoms with van der Waals surface area (Å²) in [7, 11) is 0. The second-order valence-corrected chi connectivity index (χ2v) is 4.22. The predicted octanol–water partition coefficient (Wildman–Crippen LogP) is 3.01. The molecule has 0 unspecified atom stereocenters. The normalized spacial score (nSPS) is 12.0. The van der Waals surface area contributed by atoms with E-state index < -0.39 is 0 Å². The fourth-order valence-electron chi connectivity index (χ4n) is 1.01. The number of ether oxygens (including phenoxy) is 2. The highest BCUT2D eigenvalue weighted by molar-refractivity contribution is 4.58. The zero-order chi connectivity index (χ0) is 10.2. The van der Waals surface area contributed by atoms with Crippen molar-refractivity contribution in [3.05, 3.63) is 0 Å². The molecule has 0 rings (SSSR count). The largest absolute Gasteiger partial charge is 0.382 e. The Morgan fingerprint density at radius 1 is 0.923 bits per heavy atom. The first-order valence-electron chi connectivity index (χ1n) is 5.28. The molecule has 0 atom stereocenters. The molecule has 13 heavy (non-hydrogen) atoms. The van der Waals surface area contributed by atoms with Crippen LogP contribution < -0.4 is 0 Å². The third kappa shape index (κ3) is 11.9. The monoisotopic (exact) mass is 188 g/mol. The van der Waals surface area contributed by atoms with Crippen molar-refractivity contribution in [3.63, 3.8) is 0 Å². The van der Waals surface area contributed by atoms with Gasteiger partial charge in [0.05, 0.1) is 5.60 Å². The van der Waals surface area contributed by atoms with E-state index in [-0.39, 0.29) is 5.60 Å². The second-order valence-electron chi connectivity index (χ2n) is 4.22. The highest BCUT2D eigenvalue weighted by Crippen LogP contribution is 2.08. The summed E-state index contributed by atoms with van der Waals surface area (Å²) in [6.45, 7) is 10.9. The van der Waals surface area contributed by atoms with Gasteiger partial charge in [0.25, 0.3) is 0 Å². The smallest absolute Gasteiger partial charge is 0.0598 e. The van der Waals surface area contributed by atoms with Gasteiger partial charge in [-0.1, -0.05) is 0 Å². The van der Waals surface area contributed by atoms with Crippen molar-refractivity contribution >= 4 is 0 Å². The highest BCUT2D eigenvalue weighted by Gasteiger charge is 2.08. The van der Waals surface area contributed by atoms with Crippen molar-refractivity contribution in [1.82, 2.24) is 0 Å². The second kappa shape index (κ2) is 7.34. The average Bonchev–Trinajstić information content (AvgIpc) is 2.01. The van der Waals surface area contributed by atoms with Crippen LogP contribution in [0.5, 0.6) is 0 Å². The molecule has 0 aliphatic heterocycles. The summed E-state index contributed by atoms with van der Waals surface area (Å²) < 4.78 is 10.8. The molecule has 0 aliphatic carbocycles. The van der Waals surface area contributed by atoms with Gasteiger partial charge < -0.3 is 9.47 Å². The van der Waals surface area contributed by atoms with E-state index >= 15 is 0 Å². The van der Waals surface area contributed by atoms with E-state index in [0.29, 0.717) is 0 Å². The van der Waals surface area contributed by atoms with Crippen molar-refractivity contribution in [3.8, 4) is 0 Å². The number of hydrogen-bond donors (Lipinski definition) is 0. The Morgan fingerprint density at radius 3 is 2.08 bits per heavy atom. The van der Waals surface area contributed by atoms with Crippen molar-refractivity contribution in [2.24, 2.45) is 0 Å². The lowest BCUT2D eigenvalue weighted by molar-refractivity contribution is -0.00529. The molecule has 0 heterocycles. The van der Waals surface area contributed by atoms with Crippen LogP contribution >= 0.6 is 0 Å². The molecule has 0 aromatic heterocycles. The molecule has 0 bridgehead atoms. The third-order valence-corrected chi connectivity index (χ3v) is 1.67. The Labute approximate surface area is 82.6 Å². The molecule has 2 heteroatoms. The van der Waals surface area contributed by atoms with Crippen molar-refractivity contribution in [2.45, 2.75) is 52.6 Å². The minimum Gasteiger partial charge on any atom is -0.382 e. The SMILES string of the molecule is CCOCCCCCOC(C)(C)C. The number of unbranched alkanes of at least 4 members (excludes halogenated alkanes) is 2. The third-order valence-electron chi connectivity index (χ3n) is 1.67. The lowest BCUT2D eigenvalue weighted by Gasteiger charge is -2.19. The van der Waals surface area contributed by atoms with Crippen molar-refractivity contribution < 1.29 is 9.47 Å². The molecule has 0 amide bonds. The summed E-state index contributed by atoms with van der Waals surface area (Å²) in [6, 6.07) is 0. The highest BCUT2D eigenvalue weighted by atomic mass is 16.5. The van der Waals surface area contributed by atoms with Crippen LogP contribution in [0.3, 0.4) is 0 Å². The van der Waals surface area contributed by atoms with Gasteiger partial charge in [-0.15, -0.1) is 0 Å². The minimum atomic E-state index is 0.0138. The fraction of sp³-hybridized carbons (Fsp3) is 1.00. The van der Waals surface area contributed by atoms with Gasteiger partial charge in [0, 0.05) is 19.8 Å². The maximum absolute atomic E-state index is 5.60. The molecule has 0 aromatic carbocycles. The van der Waals surface area contributed by atoms with E-state index in [1.54, 1.807) is 0 Å². The number of hydrogen-bond acceptors (Lipinski definition) is 2. The first-order valence-corrected chi connectivity index (χ1v) is 5.28. The van der Waals surface area contributed by atoms with Gasteiger partial charge in [-0.3, -0.25) is 0 Å². The lowest BCUT2D eigenvalue weighted by Crippen LogP contribution is -2.19. The topological polar surface area (TPSA) is 18.5 Å². The van der Waals surface area contributed by atoms with Gasteiger partial charge in [-0.05, 0) is 47.0 Å². The van der Waals surface area contributed by atoms with Crippen LogP contribution in [-0.4, -0.2) is 25.4 Å². The van der Waals surface area contributed by atoms with E-state index in [1.165, 1.54) is 6.42 Å². The zero-order valence-corrected chi connectivity index (χ0v) is 9.56. The first kappa shape index (κ1) is 12.9. The van der Waals surface area contributed by atoms with Gasteiger partial charge in [-0.25, -0.2) is 0 Å². The van der Waals surface area contributed by atoms with E-state index in [4.69, 9.17) is 9.47 Å². The molecule has 2 nitrogen and oxygen atoms in total. The van der Waals surface area contributed by atoms with Crippen LogP contribution in [0.15, 0.2) is 0 Å². The molecule has 0 saturated carbocycles. The molecular formula is C11H24O2. The molecule has 0 saturated heterocycles. The van der Waals surface area contributed by atoms with Crippen LogP contribution in [0, 0.1) is 0 Å². The van der Waals surface area contributed by atoms with E-state index in [1.807, 2.05) is 6.92 Å². The summed E-state index contributed by atoms with van der Waals surface area (Å²) in [5, 5.41) is 0. The summed E-state index contributed by atoms with van der Waals surface area (Å²) in [6.07, 6.45) is 3.50. The maximum Gasteiger partial charge on any atom is 0.0598 e. The zero-order valence-electron chi connectivity index (χ0n) is 9.56. The Morgan fingerprint density at radius 2 is 1.54 bits per heavy atom. The molecule has 80 valence electrons. The van der Waals surface area contributed by atoms with Crippen LogP contribution in [0.25, 0.3) is 0 Å². The Bertz CT molecular complexity index is 105. The number of rotatable bonds is 7. The van der Waals surface area contributed by atoms with Crippen molar-refractivity contribution in [1.29, 1.82) is 0 Å². The maximum atomic E-state index is 5.60. The summed E-state index contributed by atoms with van der Waals surface area (Å²) in [5.74, 6) is 0. The quantitative estimate of drug-likeness (QED) is 0.572. The molecule has 0 N–H and O–H groups in total. The van der Waals surface area contributed by atoms with Crippen LogP contribution in [0.1, 0.15) is 47.0 Å². The summed E-state index contributed by atoms with van der Waals surface area (Å²) in [4.78, 5) is 0. The van der Waals surface area contributed by atoms with Gasteiger partial charge in [-0.2, -0.15) is 0 Å². The fourth-order valence-corrected chi connectivity index (χ4v) is 1.01. The van der Waals surface area contributed by atoms with E-state index in [0.717, 1.165) is 32.7 Å². The Balaban J connectivity index is 3.00. The molecule has 0 aromatic rings. The molecule has 0 fully saturated rings. The molecule has 0 aliphatic rings. The Kier molecular flexibility index (Phi) is 7.29. The molecule has 0 spiro atoms. The average molecular weight is 188 g/mol. The summed E-state index contributed by atoms with van der Waals surface area (Å²) in [5.41, 5.74) is 0.0138. The van der Waals surface area contributed by atoms with Gasteiger partial charge in [0.15, 0.2) is 0 Å². The van der Waals surface area contributed by atoms with Gasteiger partial charge >= 0.3 is 0 Å².